The lowest BCUT2D eigenvalue weighted by molar-refractivity contribution is -0.137. The fraction of sp³-hybridized carbons (Fsp3) is 0.227. The highest BCUT2D eigenvalue weighted by molar-refractivity contribution is 5.73. The van der Waals surface area contributed by atoms with Gasteiger partial charge in [0.1, 0.15) is 0 Å². The maximum Gasteiger partial charge on any atom is 0.416 e. The molecule has 0 bridgehead atoms. The van der Waals surface area contributed by atoms with E-state index in [2.05, 4.69) is 12.1 Å². The van der Waals surface area contributed by atoms with Gasteiger partial charge in [-0.25, -0.2) is 0 Å². The topological polar surface area (TPSA) is 33.0 Å². The number of hydrogen-bond acceptors (Lipinski definition) is 2. The van der Waals surface area contributed by atoms with E-state index in [1.54, 1.807) is 0 Å². The van der Waals surface area contributed by atoms with Crippen molar-refractivity contribution in [2.75, 3.05) is 13.2 Å². The summed E-state index contributed by atoms with van der Waals surface area (Å²) in [5.41, 5.74) is 3.53. The number of benzene rings is 2. The molecule has 0 N–H and O–H groups in total. The Kier molecular flexibility index (Phi) is 4.37. The largest absolute Gasteiger partial charge is 0.416 e. The SMILES string of the molecule is N#C/C1=C/c2ccccc2/C=C2/COC[C@H]2[C@@H]1c1ccc(C(F)(F)F)cc1. The highest BCUT2D eigenvalue weighted by Crippen LogP contribution is 2.43. The van der Waals surface area contributed by atoms with E-state index in [0.29, 0.717) is 24.4 Å². The van der Waals surface area contributed by atoms with Gasteiger partial charge in [-0.05, 0) is 40.5 Å². The van der Waals surface area contributed by atoms with E-state index in [4.69, 9.17) is 4.74 Å². The van der Waals surface area contributed by atoms with E-state index in [-0.39, 0.29) is 11.8 Å². The second kappa shape index (κ2) is 6.71. The summed E-state index contributed by atoms with van der Waals surface area (Å²) < 4.78 is 44.4. The first-order chi connectivity index (χ1) is 13.0. The highest BCUT2D eigenvalue weighted by atomic mass is 19.4. The molecule has 2 aromatic carbocycles. The van der Waals surface area contributed by atoms with Gasteiger partial charge in [0, 0.05) is 17.4 Å². The van der Waals surface area contributed by atoms with Crippen LogP contribution in [-0.2, 0) is 10.9 Å². The lowest BCUT2D eigenvalue weighted by atomic mass is 9.75. The van der Waals surface area contributed by atoms with Crippen LogP contribution in [0, 0.1) is 17.2 Å². The van der Waals surface area contributed by atoms with Crippen molar-refractivity contribution in [2.24, 2.45) is 5.92 Å². The normalized spacial score (nSPS) is 25.7. The molecule has 1 heterocycles. The van der Waals surface area contributed by atoms with Crippen molar-refractivity contribution in [1.29, 1.82) is 5.26 Å². The molecule has 27 heavy (non-hydrogen) atoms. The number of halogens is 3. The number of alkyl halides is 3. The van der Waals surface area contributed by atoms with Crippen LogP contribution < -0.4 is 0 Å². The van der Waals surface area contributed by atoms with Gasteiger partial charge in [0.15, 0.2) is 0 Å². The molecule has 0 radical (unpaired) electrons. The Morgan fingerprint density at radius 2 is 1.63 bits per heavy atom. The maximum absolute atomic E-state index is 12.9. The molecular weight excluding hydrogens is 351 g/mol. The van der Waals surface area contributed by atoms with Gasteiger partial charge >= 0.3 is 6.18 Å². The van der Waals surface area contributed by atoms with Crippen LogP contribution in [0.5, 0.6) is 0 Å². The number of hydrogen-bond donors (Lipinski definition) is 0. The summed E-state index contributed by atoms with van der Waals surface area (Å²) in [6, 6.07) is 15.1. The minimum absolute atomic E-state index is 0.0685. The van der Waals surface area contributed by atoms with E-state index >= 15 is 0 Å². The molecule has 2 aliphatic rings. The standard InChI is InChI=1S/C22H16F3NO/c23-22(24,25)19-7-5-14(6-8-19)21-17(11-26)9-15-3-1-2-4-16(15)10-18-12-27-13-20(18)21/h1-10,20-21H,12-13H2/b17-9-,18-10-/t20-,21-/m1/s1. The molecule has 1 saturated heterocycles. The zero-order valence-corrected chi connectivity index (χ0v) is 14.3. The summed E-state index contributed by atoms with van der Waals surface area (Å²) in [5, 5.41) is 9.81. The molecule has 1 aliphatic carbocycles. The van der Waals surface area contributed by atoms with Gasteiger partial charge in [-0.1, -0.05) is 42.5 Å². The molecule has 2 nitrogen and oxygen atoms in total. The molecule has 0 aromatic heterocycles. The van der Waals surface area contributed by atoms with Crippen molar-refractivity contribution in [3.63, 3.8) is 0 Å². The summed E-state index contributed by atoms with van der Waals surface area (Å²) in [4.78, 5) is 0. The predicted molar refractivity (Wildman–Crippen MR) is 96.5 cm³/mol. The van der Waals surface area contributed by atoms with Crippen LogP contribution in [0.4, 0.5) is 13.2 Å². The molecule has 0 unspecified atom stereocenters. The van der Waals surface area contributed by atoms with Crippen LogP contribution in [0.3, 0.4) is 0 Å². The maximum atomic E-state index is 12.9. The van der Waals surface area contributed by atoms with Crippen molar-refractivity contribution in [1.82, 2.24) is 0 Å². The van der Waals surface area contributed by atoms with Crippen molar-refractivity contribution in [2.45, 2.75) is 12.1 Å². The Morgan fingerprint density at radius 1 is 0.963 bits per heavy atom. The molecule has 2 aromatic rings. The summed E-state index contributed by atoms with van der Waals surface area (Å²) in [7, 11) is 0. The first-order valence-corrected chi connectivity index (χ1v) is 8.63. The van der Waals surface area contributed by atoms with Gasteiger partial charge < -0.3 is 4.74 Å². The van der Waals surface area contributed by atoms with Gasteiger partial charge in [0.05, 0.1) is 24.8 Å². The Hall–Kier alpha value is -2.84. The summed E-state index contributed by atoms with van der Waals surface area (Å²) in [6.07, 6.45) is -0.466. The van der Waals surface area contributed by atoms with E-state index in [1.807, 2.05) is 30.3 Å². The Balaban J connectivity index is 1.85. The molecule has 5 heteroatoms. The van der Waals surface area contributed by atoms with Gasteiger partial charge in [-0.2, -0.15) is 18.4 Å². The summed E-state index contributed by atoms with van der Waals surface area (Å²) in [5.74, 6) is -0.402. The Labute approximate surface area is 155 Å². The van der Waals surface area contributed by atoms with Crippen LogP contribution in [0.25, 0.3) is 12.2 Å². The third-order valence-corrected chi connectivity index (χ3v) is 5.15. The van der Waals surface area contributed by atoms with Crippen molar-refractivity contribution in [3.8, 4) is 6.07 Å². The number of ether oxygens (including phenoxy) is 1. The second-order valence-electron chi connectivity index (χ2n) is 6.78. The fourth-order valence-electron chi connectivity index (χ4n) is 3.82. The molecular formula is C22H16F3NO. The van der Waals surface area contributed by atoms with Crippen LogP contribution in [0.2, 0.25) is 0 Å². The zero-order chi connectivity index (χ0) is 19.0. The second-order valence-corrected chi connectivity index (χ2v) is 6.78. The molecule has 1 fully saturated rings. The quantitative estimate of drug-likeness (QED) is 0.672. The third-order valence-electron chi connectivity index (χ3n) is 5.15. The average Bonchev–Trinajstić information content (AvgIpc) is 3.08. The van der Waals surface area contributed by atoms with E-state index in [0.717, 1.165) is 28.8 Å². The average molecular weight is 367 g/mol. The lowest BCUT2D eigenvalue weighted by Gasteiger charge is -2.26. The van der Waals surface area contributed by atoms with Gasteiger partial charge in [0.2, 0.25) is 0 Å². The van der Waals surface area contributed by atoms with Crippen LogP contribution in [-0.4, -0.2) is 13.2 Å². The number of nitrogens with zero attached hydrogens (tertiary/aromatic N) is 1. The molecule has 0 spiro atoms. The third kappa shape index (κ3) is 3.29. The predicted octanol–water partition coefficient (Wildman–Crippen LogP) is 5.44. The summed E-state index contributed by atoms with van der Waals surface area (Å²) in [6.45, 7) is 0.910. The highest BCUT2D eigenvalue weighted by Gasteiger charge is 2.36. The van der Waals surface area contributed by atoms with Crippen molar-refractivity contribution < 1.29 is 17.9 Å². The van der Waals surface area contributed by atoms with Crippen molar-refractivity contribution in [3.05, 3.63) is 81.9 Å². The Bertz CT molecular complexity index is 964. The molecule has 136 valence electrons. The minimum Gasteiger partial charge on any atom is -0.376 e. The van der Waals surface area contributed by atoms with Gasteiger partial charge in [-0.3, -0.25) is 0 Å². The van der Waals surface area contributed by atoms with E-state index in [1.165, 1.54) is 12.1 Å². The zero-order valence-electron chi connectivity index (χ0n) is 14.3. The monoisotopic (exact) mass is 367 g/mol. The van der Waals surface area contributed by atoms with Crippen LogP contribution in [0.1, 0.15) is 28.2 Å². The van der Waals surface area contributed by atoms with Gasteiger partial charge in [0.25, 0.3) is 0 Å². The fourth-order valence-corrected chi connectivity index (χ4v) is 3.82. The number of nitriles is 1. The first-order valence-electron chi connectivity index (χ1n) is 8.63. The minimum atomic E-state index is -4.38. The Morgan fingerprint density at radius 3 is 2.26 bits per heavy atom. The molecule has 1 aliphatic heterocycles. The first kappa shape index (κ1) is 17.6. The lowest BCUT2D eigenvalue weighted by Crippen LogP contribution is -2.18. The number of fused-ring (bicyclic) bond motifs is 2. The van der Waals surface area contributed by atoms with E-state index in [9.17, 15) is 18.4 Å². The molecule has 2 atom stereocenters. The molecule has 0 amide bonds. The number of rotatable bonds is 1. The van der Waals surface area contributed by atoms with Crippen LogP contribution >= 0.6 is 0 Å². The van der Waals surface area contributed by atoms with Crippen molar-refractivity contribution >= 4 is 12.2 Å². The van der Waals surface area contributed by atoms with Crippen LogP contribution in [0.15, 0.2) is 59.7 Å². The smallest absolute Gasteiger partial charge is 0.376 e. The molecule has 4 rings (SSSR count). The molecule has 0 saturated carbocycles. The number of allylic oxidation sites excluding steroid dienone is 1. The van der Waals surface area contributed by atoms with Gasteiger partial charge in [-0.15, -0.1) is 0 Å². The van der Waals surface area contributed by atoms with E-state index < -0.39 is 11.7 Å². The summed E-state index contributed by atoms with van der Waals surface area (Å²) >= 11 is 0.